The van der Waals surface area contributed by atoms with Crippen LogP contribution >= 0.6 is 0 Å². The highest BCUT2D eigenvalue weighted by Gasteiger charge is 2.32. The van der Waals surface area contributed by atoms with Gasteiger partial charge in [0.2, 0.25) is 0 Å². The van der Waals surface area contributed by atoms with Crippen LogP contribution in [0.4, 0.5) is 9.59 Å². The predicted octanol–water partition coefficient (Wildman–Crippen LogP) is 4.53. The van der Waals surface area contributed by atoms with Gasteiger partial charge < -0.3 is 30.7 Å². The smallest absolute Gasteiger partial charge is 0.407 e. The second-order valence-electron chi connectivity index (χ2n) is 11.9. The average molecular weight is 525 g/mol. The average Bonchev–Trinajstić information content (AvgIpc) is 3.48. The van der Waals surface area contributed by atoms with Gasteiger partial charge in [-0.15, -0.1) is 0 Å². The van der Waals surface area contributed by atoms with E-state index in [9.17, 15) is 9.59 Å². The quantitative estimate of drug-likeness (QED) is 0.469. The van der Waals surface area contributed by atoms with Gasteiger partial charge in [-0.3, -0.25) is 0 Å². The first kappa shape index (κ1) is 29.5. The molecule has 0 aromatic heterocycles. The van der Waals surface area contributed by atoms with E-state index in [0.717, 1.165) is 26.2 Å². The number of carbonyl (C=O) groups excluding carboxylic acids is 2. The number of ether oxygens (including phenoxy) is 2. The first-order valence-electron chi connectivity index (χ1n) is 13.4. The molecule has 0 aliphatic carbocycles. The summed E-state index contributed by atoms with van der Waals surface area (Å²) in [7, 11) is 0. The van der Waals surface area contributed by atoms with Crippen molar-refractivity contribution >= 4 is 12.2 Å². The van der Waals surface area contributed by atoms with Crippen LogP contribution in [-0.2, 0) is 9.47 Å². The molecule has 208 valence electrons. The van der Waals surface area contributed by atoms with Crippen LogP contribution in [0.25, 0.3) is 0 Å². The lowest BCUT2D eigenvalue weighted by Gasteiger charge is -2.24. The van der Waals surface area contributed by atoms with Crippen LogP contribution in [-0.4, -0.2) is 61.7 Å². The molecule has 0 unspecified atom stereocenters. The maximum absolute atomic E-state index is 11.8. The molecule has 4 atom stereocenters. The monoisotopic (exact) mass is 524 g/mol. The summed E-state index contributed by atoms with van der Waals surface area (Å²) in [6.07, 6.45) is -0.690. The number of rotatable bonds is 4. The Morgan fingerprint density at radius 1 is 0.632 bits per heavy atom. The van der Waals surface area contributed by atoms with Gasteiger partial charge in [0.15, 0.2) is 0 Å². The van der Waals surface area contributed by atoms with Crippen molar-refractivity contribution in [1.29, 1.82) is 0 Å². The number of hydrogen-bond donors (Lipinski definition) is 4. The summed E-state index contributed by atoms with van der Waals surface area (Å²) >= 11 is 0. The van der Waals surface area contributed by atoms with Gasteiger partial charge in [-0.1, -0.05) is 60.7 Å². The lowest BCUT2D eigenvalue weighted by Crippen LogP contribution is -2.42. The van der Waals surface area contributed by atoms with Gasteiger partial charge in [-0.25, -0.2) is 9.59 Å². The summed E-state index contributed by atoms with van der Waals surface area (Å²) in [6, 6.07) is 20.7. The molecule has 38 heavy (non-hydrogen) atoms. The van der Waals surface area contributed by atoms with E-state index in [2.05, 4.69) is 45.5 Å². The number of amides is 2. The molecule has 2 aromatic carbocycles. The van der Waals surface area contributed by atoms with E-state index in [1.807, 2.05) is 77.9 Å². The summed E-state index contributed by atoms with van der Waals surface area (Å²) in [5.74, 6) is 0.599. The van der Waals surface area contributed by atoms with Gasteiger partial charge in [0.05, 0.1) is 12.1 Å². The highest BCUT2D eigenvalue weighted by Crippen LogP contribution is 2.24. The molecule has 2 fully saturated rings. The third-order valence-corrected chi connectivity index (χ3v) is 6.29. The predicted molar refractivity (Wildman–Crippen MR) is 150 cm³/mol. The van der Waals surface area contributed by atoms with Crippen LogP contribution in [0.5, 0.6) is 0 Å². The maximum atomic E-state index is 11.8. The van der Waals surface area contributed by atoms with Crippen LogP contribution in [0.3, 0.4) is 0 Å². The third kappa shape index (κ3) is 9.65. The second-order valence-corrected chi connectivity index (χ2v) is 11.9. The van der Waals surface area contributed by atoms with Crippen molar-refractivity contribution in [2.45, 2.75) is 76.7 Å². The fraction of sp³-hybridized carbons (Fsp3) is 0.533. The largest absolute Gasteiger partial charge is 0.444 e. The first-order chi connectivity index (χ1) is 17.9. The number of benzene rings is 2. The highest BCUT2D eigenvalue weighted by atomic mass is 16.6. The van der Waals surface area contributed by atoms with E-state index >= 15 is 0 Å². The summed E-state index contributed by atoms with van der Waals surface area (Å²) in [6.45, 7) is 14.5. The Morgan fingerprint density at radius 2 is 0.974 bits per heavy atom. The van der Waals surface area contributed by atoms with Crippen molar-refractivity contribution in [2.75, 3.05) is 26.2 Å². The first-order valence-corrected chi connectivity index (χ1v) is 13.4. The zero-order chi connectivity index (χ0) is 27.8. The molecule has 4 rings (SSSR count). The van der Waals surface area contributed by atoms with Crippen LogP contribution in [0.1, 0.15) is 64.5 Å². The number of hydrogen-bond acceptors (Lipinski definition) is 6. The molecule has 8 heteroatoms. The molecule has 0 bridgehead atoms. The fourth-order valence-electron chi connectivity index (χ4n) is 4.68. The Hall–Kier alpha value is -3.10. The summed E-state index contributed by atoms with van der Waals surface area (Å²) < 4.78 is 10.6. The molecule has 0 spiro atoms. The van der Waals surface area contributed by atoms with Crippen molar-refractivity contribution < 1.29 is 19.1 Å². The van der Waals surface area contributed by atoms with Crippen molar-refractivity contribution in [1.82, 2.24) is 21.3 Å². The summed E-state index contributed by atoms with van der Waals surface area (Å²) in [5, 5.41) is 12.6. The molecule has 2 saturated heterocycles. The van der Waals surface area contributed by atoms with E-state index in [1.165, 1.54) is 11.1 Å². The molecule has 0 saturated carbocycles. The molecular formula is C30H44N4O4. The van der Waals surface area contributed by atoms with E-state index in [0.29, 0.717) is 11.8 Å². The minimum atomic E-state index is -0.460. The van der Waals surface area contributed by atoms with Crippen molar-refractivity contribution in [3.05, 3.63) is 71.8 Å². The molecule has 2 amide bonds. The Labute approximate surface area is 227 Å². The zero-order valence-corrected chi connectivity index (χ0v) is 23.5. The minimum absolute atomic E-state index is 0.0808. The Morgan fingerprint density at radius 3 is 1.29 bits per heavy atom. The van der Waals surface area contributed by atoms with Gasteiger partial charge >= 0.3 is 12.2 Å². The minimum Gasteiger partial charge on any atom is -0.444 e. The van der Waals surface area contributed by atoms with Crippen LogP contribution in [0.15, 0.2) is 60.7 Å². The number of alkyl carbamates (subject to hydrolysis) is 2. The van der Waals surface area contributed by atoms with E-state index < -0.39 is 11.2 Å². The molecule has 4 N–H and O–H groups in total. The Balaban J connectivity index is 0.000000211. The van der Waals surface area contributed by atoms with Gasteiger partial charge in [0, 0.05) is 38.0 Å². The fourth-order valence-corrected chi connectivity index (χ4v) is 4.68. The van der Waals surface area contributed by atoms with Gasteiger partial charge in [0.25, 0.3) is 0 Å². The number of nitrogens with one attached hydrogen (secondary N) is 4. The van der Waals surface area contributed by atoms with Crippen molar-refractivity contribution in [3.63, 3.8) is 0 Å². The summed E-state index contributed by atoms with van der Waals surface area (Å²) in [4.78, 5) is 23.7. The van der Waals surface area contributed by atoms with E-state index in [4.69, 9.17) is 9.47 Å². The van der Waals surface area contributed by atoms with E-state index in [-0.39, 0.29) is 24.3 Å². The molecular weight excluding hydrogens is 480 g/mol. The molecule has 2 aliphatic rings. The van der Waals surface area contributed by atoms with Crippen LogP contribution < -0.4 is 21.3 Å². The highest BCUT2D eigenvalue weighted by molar-refractivity contribution is 5.69. The second kappa shape index (κ2) is 13.1. The molecule has 2 heterocycles. The summed E-state index contributed by atoms with van der Waals surface area (Å²) in [5.41, 5.74) is 1.57. The Kier molecular flexibility index (Phi) is 10.2. The third-order valence-electron chi connectivity index (χ3n) is 6.29. The SMILES string of the molecule is CC(C)(C)OC(=O)N[C@@H]1CNC[C@H]1c1ccccc1.CC(C)(C)OC(=O)N[C@H]1CNC[C@@H]1c1ccccc1. The standard InChI is InChI=1S/2C15H22N2O2/c2*1-15(2,3)19-14(18)17-13-10-16-9-12(13)11-7-5-4-6-8-11/h2*4-8,12-13,16H,9-10H2,1-3H3,(H,17,18)/t2*12-,13+/m10/s1. The molecule has 0 radical (unpaired) electrons. The lowest BCUT2D eigenvalue weighted by molar-refractivity contribution is 0.0492. The van der Waals surface area contributed by atoms with Gasteiger partial charge in [0.1, 0.15) is 11.2 Å². The van der Waals surface area contributed by atoms with Crippen LogP contribution in [0.2, 0.25) is 0 Å². The van der Waals surface area contributed by atoms with Crippen molar-refractivity contribution in [2.24, 2.45) is 0 Å². The molecule has 2 aromatic rings. The van der Waals surface area contributed by atoms with E-state index in [1.54, 1.807) is 0 Å². The number of carbonyl (C=O) groups is 2. The maximum Gasteiger partial charge on any atom is 0.407 e. The topological polar surface area (TPSA) is 101 Å². The lowest BCUT2D eigenvalue weighted by atomic mass is 9.94. The van der Waals surface area contributed by atoms with Crippen LogP contribution in [0, 0.1) is 0 Å². The Bertz CT molecular complexity index is 935. The molecule has 8 nitrogen and oxygen atoms in total. The normalized spacial score (nSPS) is 23.1. The molecule has 2 aliphatic heterocycles. The zero-order valence-electron chi connectivity index (χ0n) is 23.5. The van der Waals surface area contributed by atoms with Gasteiger partial charge in [-0.05, 0) is 52.7 Å². The van der Waals surface area contributed by atoms with Crippen molar-refractivity contribution in [3.8, 4) is 0 Å². The van der Waals surface area contributed by atoms with Gasteiger partial charge in [-0.2, -0.15) is 0 Å².